The van der Waals surface area contributed by atoms with Gasteiger partial charge >= 0.3 is 0 Å². The van der Waals surface area contributed by atoms with Crippen LogP contribution in [0.25, 0.3) is 100 Å². The van der Waals surface area contributed by atoms with Crippen LogP contribution in [0.3, 0.4) is 0 Å². The molecule has 0 spiro atoms. The van der Waals surface area contributed by atoms with Crippen molar-refractivity contribution < 1.29 is 0 Å². The van der Waals surface area contributed by atoms with E-state index >= 15 is 0 Å². The van der Waals surface area contributed by atoms with Crippen LogP contribution in [-0.2, 0) is 21.7 Å². The number of hydrogen-bond donors (Lipinski definition) is 0. The Morgan fingerprint density at radius 1 is 0.167 bits per heavy atom. The Bertz CT molecular complexity index is 3710. The summed E-state index contributed by atoms with van der Waals surface area (Å²) < 4.78 is 0. The predicted octanol–water partition coefficient (Wildman–Crippen LogP) is 19.2. The van der Waals surface area contributed by atoms with Gasteiger partial charge in [0.15, 0.2) is 0 Å². The molecule has 0 fully saturated rings. The summed E-state index contributed by atoms with van der Waals surface area (Å²) in [6, 6.07) is 79.0. The molecule has 0 amide bonds. The molecule has 0 aliphatic heterocycles. The van der Waals surface area contributed by atoms with E-state index in [2.05, 4.69) is 262 Å². The van der Waals surface area contributed by atoms with Crippen LogP contribution in [0.2, 0.25) is 0 Å². The van der Waals surface area contributed by atoms with Crippen molar-refractivity contribution in [1.82, 2.24) is 0 Å². The summed E-state index contributed by atoms with van der Waals surface area (Å²) in [6.45, 7) is 19.1. The quantitative estimate of drug-likeness (QED) is 0.161. The first-order chi connectivity index (χ1) is 34.7. The Balaban J connectivity index is 0.741. The molecule has 0 radical (unpaired) electrons. The summed E-state index contributed by atoms with van der Waals surface area (Å²) in [5.74, 6) is 0. The zero-order valence-corrected chi connectivity index (χ0v) is 42.6. The van der Waals surface area contributed by atoms with Crippen LogP contribution >= 0.6 is 0 Å². The lowest BCUT2D eigenvalue weighted by molar-refractivity contribution is 0.660. The van der Waals surface area contributed by atoms with Crippen LogP contribution in [0.4, 0.5) is 0 Å². The smallest absolute Gasteiger partial charge is 0.0159 e. The molecule has 0 nitrogen and oxygen atoms in total. The van der Waals surface area contributed by atoms with Crippen LogP contribution in [-0.4, -0.2) is 0 Å². The topological polar surface area (TPSA) is 0 Å². The third-order valence-corrected chi connectivity index (χ3v) is 17.9. The summed E-state index contributed by atoms with van der Waals surface area (Å²) >= 11 is 0. The number of benzene rings is 10. The molecule has 4 aliphatic carbocycles. The van der Waals surface area contributed by atoms with E-state index in [1.165, 1.54) is 145 Å². The molecule has 0 heterocycles. The molecule has 0 bridgehead atoms. The third-order valence-electron chi connectivity index (χ3n) is 17.9. The van der Waals surface area contributed by atoms with Gasteiger partial charge in [-0.3, -0.25) is 0 Å². The summed E-state index contributed by atoms with van der Waals surface area (Å²) in [6.07, 6.45) is 0. The van der Waals surface area contributed by atoms with Gasteiger partial charge in [-0.15, -0.1) is 0 Å². The van der Waals surface area contributed by atoms with Gasteiger partial charge in [-0.2, -0.15) is 0 Å². The monoisotopic (exact) mass is 922 g/mol. The molecule has 0 N–H and O–H groups in total. The largest absolute Gasteiger partial charge is 0.0619 e. The molecule has 0 saturated carbocycles. The number of fused-ring (bicyclic) bond motifs is 12. The molecule has 0 atom stereocenters. The van der Waals surface area contributed by atoms with Crippen molar-refractivity contribution in [3.8, 4) is 100 Å². The minimum Gasteiger partial charge on any atom is -0.0619 e. The fourth-order valence-corrected chi connectivity index (χ4v) is 13.7. The van der Waals surface area contributed by atoms with Gasteiger partial charge in [-0.1, -0.05) is 213 Å². The average Bonchev–Trinajstić information content (AvgIpc) is 3.97. The lowest BCUT2D eigenvalue weighted by Gasteiger charge is -2.24. The molecule has 4 aliphatic rings. The van der Waals surface area contributed by atoms with E-state index in [-0.39, 0.29) is 21.7 Å². The first-order valence-electron chi connectivity index (χ1n) is 26.0. The zero-order chi connectivity index (χ0) is 49.1. The summed E-state index contributed by atoms with van der Waals surface area (Å²) in [4.78, 5) is 0. The second-order valence-corrected chi connectivity index (χ2v) is 23.3. The Morgan fingerprint density at radius 2 is 0.361 bits per heavy atom. The van der Waals surface area contributed by atoms with E-state index < -0.39 is 0 Å². The normalized spacial score (nSPS) is 15.9. The fourth-order valence-electron chi connectivity index (χ4n) is 13.7. The van der Waals surface area contributed by atoms with E-state index in [9.17, 15) is 0 Å². The zero-order valence-electron chi connectivity index (χ0n) is 42.6. The van der Waals surface area contributed by atoms with Crippen molar-refractivity contribution in [3.63, 3.8) is 0 Å². The number of hydrogen-bond acceptors (Lipinski definition) is 0. The van der Waals surface area contributed by atoms with E-state index in [0.717, 1.165) is 0 Å². The summed E-state index contributed by atoms with van der Waals surface area (Å²) in [7, 11) is 0. The van der Waals surface area contributed by atoms with Crippen LogP contribution in [0.5, 0.6) is 0 Å². The Labute approximate surface area is 425 Å². The Kier molecular flexibility index (Phi) is 8.89. The van der Waals surface area contributed by atoms with Gasteiger partial charge in [0, 0.05) is 21.7 Å². The Morgan fingerprint density at radius 3 is 0.611 bits per heavy atom. The molecule has 14 rings (SSSR count). The highest BCUT2D eigenvalue weighted by molar-refractivity contribution is 5.91. The van der Waals surface area contributed by atoms with Crippen molar-refractivity contribution in [2.75, 3.05) is 0 Å². The molecule has 10 aromatic rings. The van der Waals surface area contributed by atoms with E-state index in [4.69, 9.17) is 0 Å². The maximum atomic E-state index is 2.48. The molecule has 72 heavy (non-hydrogen) atoms. The molecule has 0 heteroatoms. The molecule has 0 aromatic heterocycles. The predicted molar refractivity (Wildman–Crippen MR) is 304 cm³/mol. The second kappa shape index (κ2) is 14.9. The molecule has 346 valence electrons. The van der Waals surface area contributed by atoms with Crippen molar-refractivity contribution in [2.24, 2.45) is 0 Å². The fraction of sp³-hybridized carbons (Fsp3) is 0.167. The summed E-state index contributed by atoms with van der Waals surface area (Å²) in [5.41, 5.74) is 34.3. The highest BCUT2D eigenvalue weighted by Crippen LogP contribution is 2.55. The van der Waals surface area contributed by atoms with Crippen molar-refractivity contribution >= 4 is 0 Å². The number of rotatable bonds is 5. The van der Waals surface area contributed by atoms with Gasteiger partial charge in [0.1, 0.15) is 0 Å². The molecule has 0 saturated heterocycles. The van der Waals surface area contributed by atoms with Crippen LogP contribution in [0.15, 0.2) is 206 Å². The van der Waals surface area contributed by atoms with E-state index in [0.29, 0.717) is 0 Å². The average molecular weight is 923 g/mol. The van der Waals surface area contributed by atoms with Gasteiger partial charge in [-0.25, -0.2) is 0 Å². The van der Waals surface area contributed by atoms with E-state index in [1.807, 2.05) is 0 Å². The maximum Gasteiger partial charge on any atom is 0.0159 e. The minimum absolute atomic E-state index is 0.0281. The SMILES string of the molecule is CC1(C)c2ccccc2-c2ccc(-c3cccc(-c4ccc5c(c4)C(C)(C)c4cc(-c6ccc7c(c6)C(C)(C)c6cc(-c8cccc(-c9ccc%10c(c9)C(C)(C)c9ccccc9-%10)c8)ccc6-7)ccc4-5)c3)cc21. The van der Waals surface area contributed by atoms with Gasteiger partial charge < -0.3 is 0 Å². The lowest BCUT2D eigenvalue weighted by atomic mass is 9.79. The standard InChI is InChI=1S/C72H58/c1-69(2)61-21-11-9-19-53(61)55-29-23-47(37-63(55)69)43-15-13-17-45(35-43)49-25-31-57-59-33-27-51(41-67(59)71(5,6)65(57)39-49)52-28-34-60-58-32-26-50(40-66(58)72(7,8)68(60)42-52)46-18-14-16-44(36-46)48-24-30-56-54-20-10-12-22-62(54)70(3,4)64(56)38-48/h9-42H,1-8H3. The van der Waals surface area contributed by atoms with Crippen molar-refractivity contribution in [2.45, 2.75) is 77.0 Å². The lowest BCUT2D eigenvalue weighted by Crippen LogP contribution is -2.15. The highest BCUT2D eigenvalue weighted by atomic mass is 14.4. The minimum atomic E-state index is -0.155. The van der Waals surface area contributed by atoms with Gasteiger partial charge in [0.2, 0.25) is 0 Å². The van der Waals surface area contributed by atoms with Crippen LogP contribution in [0, 0.1) is 0 Å². The third kappa shape index (κ3) is 6.05. The van der Waals surface area contributed by atoms with Gasteiger partial charge in [0.25, 0.3) is 0 Å². The first-order valence-corrected chi connectivity index (χ1v) is 26.0. The summed E-state index contributed by atoms with van der Waals surface area (Å²) in [5, 5.41) is 0. The van der Waals surface area contributed by atoms with Crippen molar-refractivity contribution in [3.05, 3.63) is 251 Å². The van der Waals surface area contributed by atoms with Gasteiger partial charge in [0.05, 0.1) is 0 Å². The van der Waals surface area contributed by atoms with Crippen LogP contribution in [0.1, 0.15) is 99.9 Å². The first kappa shape index (κ1) is 43.0. The molecular weight excluding hydrogens is 865 g/mol. The maximum absolute atomic E-state index is 2.48. The molecule has 0 unspecified atom stereocenters. The van der Waals surface area contributed by atoms with E-state index in [1.54, 1.807) is 0 Å². The highest BCUT2D eigenvalue weighted by Gasteiger charge is 2.40. The second-order valence-electron chi connectivity index (χ2n) is 23.3. The Hall–Kier alpha value is -7.80. The van der Waals surface area contributed by atoms with Crippen LogP contribution < -0.4 is 0 Å². The molecular formula is C72H58. The van der Waals surface area contributed by atoms with Crippen molar-refractivity contribution in [1.29, 1.82) is 0 Å². The molecule has 10 aromatic carbocycles. The van der Waals surface area contributed by atoms with Gasteiger partial charge in [-0.05, 0) is 193 Å².